The van der Waals surface area contributed by atoms with Crippen molar-refractivity contribution in [2.75, 3.05) is 12.3 Å². The molecule has 0 spiro atoms. The first-order valence-electron chi connectivity index (χ1n) is 8.02. The van der Waals surface area contributed by atoms with Crippen molar-refractivity contribution in [3.63, 3.8) is 0 Å². The minimum absolute atomic E-state index is 0.0102. The SMILES string of the molecule is CCCCNC(=O)NC(=O)CSc1nc2sc(C)c(C)c2c(=O)n1C. The number of thiophene rings is 1. The third kappa shape index (κ3) is 4.60. The maximum atomic E-state index is 12.5. The quantitative estimate of drug-likeness (QED) is 0.454. The molecule has 0 fully saturated rings. The minimum atomic E-state index is -0.499. The highest BCUT2D eigenvalue weighted by Gasteiger charge is 2.16. The average Bonchev–Trinajstić information content (AvgIpc) is 2.84. The van der Waals surface area contributed by atoms with Gasteiger partial charge in [0.25, 0.3) is 5.56 Å². The summed E-state index contributed by atoms with van der Waals surface area (Å²) in [7, 11) is 1.64. The Morgan fingerprint density at radius 2 is 2.04 bits per heavy atom. The normalized spacial score (nSPS) is 10.9. The van der Waals surface area contributed by atoms with E-state index >= 15 is 0 Å². The maximum absolute atomic E-state index is 12.5. The van der Waals surface area contributed by atoms with Gasteiger partial charge in [-0.05, 0) is 25.8 Å². The Balaban J connectivity index is 2.03. The number of carbonyl (C=O) groups is 2. The van der Waals surface area contributed by atoms with Crippen LogP contribution in [0.2, 0.25) is 0 Å². The molecule has 0 aliphatic heterocycles. The van der Waals surface area contributed by atoms with Crippen LogP contribution in [0.4, 0.5) is 4.79 Å². The molecule has 0 aliphatic rings. The lowest BCUT2D eigenvalue weighted by atomic mass is 10.2. The topological polar surface area (TPSA) is 93.1 Å². The Bertz CT molecular complexity index is 857. The first-order valence-corrected chi connectivity index (χ1v) is 9.82. The van der Waals surface area contributed by atoms with E-state index in [0.717, 1.165) is 35.0 Å². The van der Waals surface area contributed by atoms with Gasteiger partial charge in [0.05, 0.1) is 11.1 Å². The highest BCUT2D eigenvalue weighted by atomic mass is 32.2. The van der Waals surface area contributed by atoms with E-state index in [-0.39, 0.29) is 11.3 Å². The number of aryl methyl sites for hydroxylation is 2. The molecule has 136 valence electrons. The number of thioether (sulfide) groups is 1. The first-order chi connectivity index (χ1) is 11.8. The maximum Gasteiger partial charge on any atom is 0.321 e. The van der Waals surface area contributed by atoms with Gasteiger partial charge in [-0.3, -0.25) is 19.5 Å². The Morgan fingerprint density at radius 1 is 1.32 bits per heavy atom. The number of imide groups is 1. The summed E-state index contributed by atoms with van der Waals surface area (Å²) < 4.78 is 1.45. The Morgan fingerprint density at radius 3 is 2.72 bits per heavy atom. The van der Waals surface area contributed by atoms with E-state index in [4.69, 9.17) is 0 Å². The average molecular weight is 383 g/mol. The lowest BCUT2D eigenvalue weighted by molar-refractivity contribution is -0.117. The van der Waals surface area contributed by atoms with Crippen LogP contribution in [0.3, 0.4) is 0 Å². The standard InChI is InChI=1S/C16H22N4O3S2/c1-5-6-7-17-15(23)18-11(21)8-24-16-19-13-12(14(22)20(16)4)9(2)10(3)25-13/h5-8H2,1-4H3,(H2,17,18,21,23). The van der Waals surface area contributed by atoms with Crippen molar-refractivity contribution < 1.29 is 9.59 Å². The van der Waals surface area contributed by atoms with Crippen LogP contribution in [-0.2, 0) is 11.8 Å². The van der Waals surface area contributed by atoms with E-state index in [0.29, 0.717) is 21.9 Å². The third-order valence-corrected chi connectivity index (χ3v) is 5.90. The van der Waals surface area contributed by atoms with Crippen molar-refractivity contribution in [2.45, 2.75) is 38.8 Å². The number of aromatic nitrogens is 2. The molecule has 2 N–H and O–H groups in total. The molecule has 2 aromatic rings. The van der Waals surface area contributed by atoms with E-state index < -0.39 is 11.9 Å². The molecule has 0 aliphatic carbocycles. The second kappa shape index (κ2) is 8.48. The Hall–Kier alpha value is -1.87. The first kappa shape index (κ1) is 19.5. The molecule has 3 amide bonds. The van der Waals surface area contributed by atoms with Crippen molar-refractivity contribution in [3.8, 4) is 0 Å². The van der Waals surface area contributed by atoms with Crippen molar-refractivity contribution in [2.24, 2.45) is 7.05 Å². The van der Waals surface area contributed by atoms with Crippen LogP contribution in [-0.4, -0.2) is 33.8 Å². The van der Waals surface area contributed by atoms with E-state index in [2.05, 4.69) is 15.6 Å². The van der Waals surface area contributed by atoms with Gasteiger partial charge in [0.1, 0.15) is 4.83 Å². The molecule has 0 saturated heterocycles. The zero-order valence-corrected chi connectivity index (χ0v) is 16.4. The van der Waals surface area contributed by atoms with Crippen LogP contribution in [0, 0.1) is 13.8 Å². The minimum Gasteiger partial charge on any atom is -0.338 e. The lowest BCUT2D eigenvalue weighted by Crippen LogP contribution is -2.40. The summed E-state index contributed by atoms with van der Waals surface area (Å²) in [5, 5.41) is 5.98. The molecule has 0 radical (unpaired) electrons. The molecular weight excluding hydrogens is 360 g/mol. The molecule has 0 bridgehead atoms. The number of hydrogen-bond donors (Lipinski definition) is 2. The van der Waals surface area contributed by atoms with Crippen LogP contribution in [0.1, 0.15) is 30.2 Å². The van der Waals surface area contributed by atoms with E-state index in [1.165, 1.54) is 15.9 Å². The van der Waals surface area contributed by atoms with Crippen LogP contribution < -0.4 is 16.2 Å². The van der Waals surface area contributed by atoms with Crippen molar-refractivity contribution >= 4 is 45.3 Å². The van der Waals surface area contributed by atoms with Gasteiger partial charge < -0.3 is 5.32 Å². The third-order valence-electron chi connectivity index (χ3n) is 3.77. The van der Waals surface area contributed by atoms with E-state index in [1.54, 1.807) is 7.05 Å². The van der Waals surface area contributed by atoms with Gasteiger partial charge in [-0.15, -0.1) is 11.3 Å². The number of carbonyl (C=O) groups excluding carboxylic acids is 2. The molecule has 0 saturated carbocycles. The number of nitrogens with one attached hydrogen (secondary N) is 2. The fourth-order valence-corrected chi connectivity index (χ4v) is 4.04. The summed E-state index contributed by atoms with van der Waals surface area (Å²) in [6.45, 7) is 6.42. The molecule has 2 heterocycles. The number of fused-ring (bicyclic) bond motifs is 1. The van der Waals surface area contributed by atoms with Crippen molar-refractivity contribution in [3.05, 3.63) is 20.8 Å². The molecule has 0 atom stereocenters. The highest BCUT2D eigenvalue weighted by Crippen LogP contribution is 2.27. The predicted octanol–water partition coefficient (Wildman–Crippen LogP) is 2.33. The molecular formula is C16H22N4O3S2. The van der Waals surface area contributed by atoms with Crippen molar-refractivity contribution in [1.82, 2.24) is 20.2 Å². The predicted molar refractivity (Wildman–Crippen MR) is 102 cm³/mol. The summed E-state index contributed by atoms with van der Waals surface area (Å²) in [6.07, 6.45) is 1.83. The lowest BCUT2D eigenvalue weighted by Gasteiger charge is -2.08. The summed E-state index contributed by atoms with van der Waals surface area (Å²) >= 11 is 2.61. The fourth-order valence-electron chi connectivity index (χ4n) is 2.20. The second-order valence-electron chi connectivity index (χ2n) is 5.67. The second-order valence-corrected chi connectivity index (χ2v) is 7.81. The summed E-state index contributed by atoms with van der Waals surface area (Å²) in [5.74, 6) is -0.414. The van der Waals surface area contributed by atoms with Crippen LogP contribution in [0.5, 0.6) is 0 Å². The molecule has 2 aromatic heterocycles. The number of urea groups is 1. The van der Waals surface area contributed by atoms with Gasteiger partial charge in [0.2, 0.25) is 5.91 Å². The number of rotatable bonds is 6. The number of hydrogen-bond acceptors (Lipinski definition) is 6. The van der Waals surface area contributed by atoms with Gasteiger partial charge in [-0.2, -0.15) is 0 Å². The van der Waals surface area contributed by atoms with Gasteiger partial charge in [0, 0.05) is 18.5 Å². The number of nitrogens with zero attached hydrogens (tertiary/aromatic N) is 2. The van der Waals surface area contributed by atoms with Crippen LogP contribution >= 0.6 is 23.1 Å². The summed E-state index contributed by atoms with van der Waals surface area (Å²) in [5.41, 5.74) is 0.832. The van der Waals surface area contributed by atoms with Gasteiger partial charge >= 0.3 is 6.03 Å². The van der Waals surface area contributed by atoms with Crippen molar-refractivity contribution in [1.29, 1.82) is 0 Å². The summed E-state index contributed by atoms with van der Waals surface area (Å²) in [4.78, 5) is 42.2. The monoisotopic (exact) mass is 382 g/mol. The van der Waals surface area contributed by atoms with Crippen LogP contribution in [0.25, 0.3) is 10.2 Å². The molecule has 0 aromatic carbocycles. The Kier molecular flexibility index (Phi) is 6.60. The van der Waals surface area contributed by atoms with Gasteiger partial charge in [0.15, 0.2) is 5.16 Å². The fraction of sp³-hybridized carbons (Fsp3) is 0.500. The Labute approximate surface area is 154 Å². The molecule has 7 nitrogen and oxygen atoms in total. The van der Waals surface area contributed by atoms with Gasteiger partial charge in [-0.25, -0.2) is 9.78 Å². The number of unbranched alkanes of at least 4 members (excludes halogenated alkanes) is 1. The molecule has 2 rings (SSSR count). The van der Waals surface area contributed by atoms with E-state index in [9.17, 15) is 14.4 Å². The number of amides is 3. The van der Waals surface area contributed by atoms with Gasteiger partial charge in [-0.1, -0.05) is 25.1 Å². The molecule has 0 unspecified atom stereocenters. The highest BCUT2D eigenvalue weighted by molar-refractivity contribution is 7.99. The zero-order chi connectivity index (χ0) is 18.6. The smallest absolute Gasteiger partial charge is 0.321 e. The van der Waals surface area contributed by atoms with Crippen LogP contribution in [0.15, 0.2) is 9.95 Å². The molecule has 9 heteroatoms. The summed E-state index contributed by atoms with van der Waals surface area (Å²) in [6, 6.07) is -0.499. The molecule has 25 heavy (non-hydrogen) atoms. The zero-order valence-electron chi connectivity index (χ0n) is 14.8. The van der Waals surface area contributed by atoms with E-state index in [1.807, 2.05) is 20.8 Å². The largest absolute Gasteiger partial charge is 0.338 e.